The van der Waals surface area contributed by atoms with E-state index in [1.807, 2.05) is 6.07 Å². The van der Waals surface area contributed by atoms with Gasteiger partial charge in [0.15, 0.2) is 16.1 Å². The van der Waals surface area contributed by atoms with Gasteiger partial charge in [-0.1, -0.05) is 0 Å². The average molecular weight is 457 g/mol. The molecule has 0 aliphatic rings. The molecular formula is C15H12IN3O4S. The fraction of sp³-hybridized carbons (Fsp3) is 0.133. The molecule has 0 atom stereocenters. The van der Waals surface area contributed by atoms with Crippen molar-refractivity contribution in [3.05, 3.63) is 40.2 Å². The third kappa shape index (κ3) is 4.23. The first-order chi connectivity index (χ1) is 11.6. The number of carbonyl (C=O) groups excluding carboxylic acids is 1. The second-order valence-corrected chi connectivity index (χ2v) is 6.35. The lowest BCUT2D eigenvalue weighted by Gasteiger charge is -2.06. The van der Waals surface area contributed by atoms with Crippen LogP contribution in [0.4, 0.5) is 5.13 Å². The maximum Gasteiger partial charge on any atom is 0.264 e. The van der Waals surface area contributed by atoms with Gasteiger partial charge in [0.1, 0.15) is 11.5 Å². The molecule has 24 heavy (non-hydrogen) atoms. The topological polar surface area (TPSA) is 86.5 Å². The van der Waals surface area contributed by atoms with Gasteiger partial charge in [-0.15, -0.1) is 0 Å². The first kappa shape index (κ1) is 16.7. The maximum absolute atomic E-state index is 11.9. The molecule has 7 nitrogen and oxygen atoms in total. The number of furan rings is 1. The normalized spacial score (nSPS) is 10.4. The number of rotatable bonds is 6. The second kappa shape index (κ2) is 7.62. The Morgan fingerprint density at radius 1 is 1.25 bits per heavy atom. The smallest absolute Gasteiger partial charge is 0.264 e. The average Bonchev–Trinajstić information content (AvgIpc) is 3.22. The molecular weight excluding hydrogens is 445 g/mol. The van der Waals surface area contributed by atoms with E-state index in [0.717, 1.165) is 21.0 Å². The number of amides is 1. The highest BCUT2D eigenvalue weighted by atomic mass is 127. The minimum atomic E-state index is -0.317. The summed E-state index contributed by atoms with van der Waals surface area (Å²) in [4.78, 5) is 16.1. The summed E-state index contributed by atoms with van der Waals surface area (Å²) in [5, 5.41) is 3.03. The zero-order chi connectivity index (χ0) is 16.9. The molecule has 1 aromatic carbocycles. The summed E-state index contributed by atoms with van der Waals surface area (Å²) in [5.41, 5.74) is 0. The van der Waals surface area contributed by atoms with Gasteiger partial charge in [0.25, 0.3) is 5.91 Å². The standard InChI is InChI=1S/C15H12IN3O4S/c1-21-9-2-4-10(5-3-9)22-8-13(20)17-15-18-14(19-24-15)11-6-7-12(16)23-11/h2-7H,8H2,1H3,(H,17,18,19,20). The SMILES string of the molecule is COc1ccc(OCC(=O)Nc2nc(-c3ccc(I)o3)ns2)cc1. The van der Waals surface area contributed by atoms with Crippen LogP contribution in [0.2, 0.25) is 0 Å². The highest BCUT2D eigenvalue weighted by Gasteiger charge is 2.12. The van der Waals surface area contributed by atoms with Crippen molar-refractivity contribution in [1.82, 2.24) is 9.36 Å². The molecule has 0 spiro atoms. The van der Waals surface area contributed by atoms with Crippen molar-refractivity contribution >= 4 is 45.2 Å². The zero-order valence-corrected chi connectivity index (χ0v) is 15.5. The summed E-state index contributed by atoms with van der Waals surface area (Å²) in [6.07, 6.45) is 0. The maximum atomic E-state index is 11.9. The molecule has 0 saturated carbocycles. The van der Waals surface area contributed by atoms with E-state index >= 15 is 0 Å². The Labute approximate surface area is 155 Å². The van der Waals surface area contributed by atoms with Crippen LogP contribution in [0.25, 0.3) is 11.6 Å². The summed E-state index contributed by atoms with van der Waals surface area (Å²) >= 11 is 3.14. The van der Waals surface area contributed by atoms with E-state index in [4.69, 9.17) is 13.9 Å². The Kier molecular flexibility index (Phi) is 5.30. The lowest BCUT2D eigenvalue weighted by molar-refractivity contribution is -0.118. The summed E-state index contributed by atoms with van der Waals surface area (Å²) in [6.45, 7) is -0.125. The van der Waals surface area contributed by atoms with Gasteiger partial charge in [-0.25, -0.2) is 0 Å². The number of hydrogen-bond acceptors (Lipinski definition) is 7. The summed E-state index contributed by atoms with van der Waals surface area (Å²) in [6, 6.07) is 10.6. The Balaban J connectivity index is 1.54. The summed E-state index contributed by atoms with van der Waals surface area (Å²) in [5.74, 6) is 1.98. The zero-order valence-electron chi connectivity index (χ0n) is 12.5. The first-order valence-electron chi connectivity index (χ1n) is 6.80. The van der Waals surface area contributed by atoms with Crippen molar-refractivity contribution in [3.63, 3.8) is 0 Å². The molecule has 1 amide bonds. The Bertz CT molecular complexity index is 831. The monoisotopic (exact) mass is 457 g/mol. The van der Waals surface area contributed by atoms with Gasteiger partial charge >= 0.3 is 0 Å². The van der Waals surface area contributed by atoms with Crippen LogP contribution in [0.5, 0.6) is 11.5 Å². The molecule has 0 aliphatic heterocycles. The highest BCUT2D eigenvalue weighted by molar-refractivity contribution is 14.1. The van der Waals surface area contributed by atoms with Crippen LogP contribution in [0, 0.1) is 3.77 Å². The first-order valence-corrected chi connectivity index (χ1v) is 8.65. The predicted molar refractivity (Wildman–Crippen MR) is 97.4 cm³/mol. The van der Waals surface area contributed by atoms with Crippen molar-refractivity contribution in [2.45, 2.75) is 0 Å². The summed E-state index contributed by atoms with van der Waals surface area (Å²) in [7, 11) is 1.59. The fourth-order valence-electron chi connectivity index (χ4n) is 1.78. The van der Waals surface area contributed by atoms with Gasteiger partial charge < -0.3 is 13.9 Å². The second-order valence-electron chi connectivity index (χ2n) is 4.54. The van der Waals surface area contributed by atoms with E-state index in [0.29, 0.717) is 22.5 Å². The van der Waals surface area contributed by atoms with Crippen LogP contribution >= 0.6 is 34.1 Å². The number of nitrogens with zero attached hydrogens (tertiary/aromatic N) is 2. The van der Waals surface area contributed by atoms with Crippen molar-refractivity contribution in [2.24, 2.45) is 0 Å². The van der Waals surface area contributed by atoms with Crippen LogP contribution in [0.1, 0.15) is 0 Å². The van der Waals surface area contributed by atoms with Crippen LogP contribution in [0.15, 0.2) is 40.8 Å². The molecule has 0 fully saturated rings. The molecule has 9 heteroatoms. The number of methoxy groups -OCH3 is 1. The van der Waals surface area contributed by atoms with E-state index in [9.17, 15) is 4.79 Å². The van der Waals surface area contributed by atoms with Crippen LogP contribution in [-0.2, 0) is 4.79 Å². The molecule has 3 aromatic rings. The molecule has 124 valence electrons. The predicted octanol–water partition coefficient (Wildman–Crippen LogP) is 3.43. The quantitative estimate of drug-likeness (QED) is 0.571. The van der Waals surface area contributed by atoms with Crippen molar-refractivity contribution in [2.75, 3.05) is 19.0 Å². The molecule has 2 heterocycles. The highest BCUT2D eigenvalue weighted by Crippen LogP contribution is 2.24. The molecule has 1 N–H and O–H groups in total. The molecule has 0 radical (unpaired) electrons. The minimum Gasteiger partial charge on any atom is -0.497 e. The number of ether oxygens (including phenoxy) is 2. The molecule has 0 saturated heterocycles. The van der Waals surface area contributed by atoms with Crippen molar-refractivity contribution in [1.29, 1.82) is 0 Å². The number of aromatic nitrogens is 2. The van der Waals surface area contributed by atoms with Gasteiger partial charge in [0.05, 0.1) is 7.11 Å². The summed E-state index contributed by atoms with van der Waals surface area (Å²) < 4.78 is 20.8. The van der Waals surface area contributed by atoms with Crippen molar-refractivity contribution in [3.8, 4) is 23.1 Å². The molecule has 3 rings (SSSR count). The van der Waals surface area contributed by atoms with Gasteiger partial charge in [0.2, 0.25) is 11.0 Å². The number of carbonyl (C=O) groups is 1. The molecule has 2 aromatic heterocycles. The minimum absolute atomic E-state index is 0.125. The molecule has 0 aliphatic carbocycles. The van der Waals surface area contributed by atoms with E-state index in [1.165, 1.54) is 0 Å². The number of halogens is 1. The fourth-order valence-corrected chi connectivity index (χ4v) is 2.79. The Hall–Kier alpha value is -2.14. The number of nitrogens with one attached hydrogen (secondary N) is 1. The van der Waals surface area contributed by atoms with Crippen LogP contribution < -0.4 is 14.8 Å². The molecule has 0 bridgehead atoms. The molecule has 0 unspecified atom stereocenters. The number of anilines is 1. The largest absolute Gasteiger partial charge is 0.497 e. The van der Waals surface area contributed by atoms with E-state index in [-0.39, 0.29) is 12.5 Å². The third-order valence-electron chi connectivity index (χ3n) is 2.90. The lowest BCUT2D eigenvalue weighted by Crippen LogP contribution is -2.20. The van der Waals surface area contributed by atoms with E-state index in [1.54, 1.807) is 37.4 Å². The van der Waals surface area contributed by atoms with Gasteiger partial charge in [-0.05, 0) is 59.0 Å². The van der Waals surface area contributed by atoms with Crippen molar-refractivity contribution < 1.29 is 18.7 Å². The van der Waals surface area contributed by atoms with E-state index < -0.39 is 0 Å². The van der Waals surface area contributed by atoms with Crippen LogP contribution in [-0.4, -0.2) is 29.0 Å². The van der Waals surface area contributed by atoms with Gasteiger partial charge in [-0.2, -0.15) is 9.36 Å². The Morgan fingerprint density at radius 2 is 2.00 bits per heavy atom. The van der Waals surface area contributed by atoms with Crippen LogP contribution in [0.3, 0.4) is 0 Å². The van der Waals surface area contributed by atoms with Gasteiger partial charge in [-0.3, -0.25) is 10.1 Å². The number of benzene rings is 1. The Morgan fingerprint density at radius 3 is 2.67 bits per heavy atom. The lowest BCUT2D eigenvalue weighted by atomic mass is 10.3. The van der Waals surface area contributed by atoms with Gasteiger partial charge in [0, 0.05) is 11.5 Å². The number of hydrogen-bond donors (Lipinski definition) is 1. The van der Waals surface area contributed by atoms with E-state index in [2.05, 4.69) is 37.3 Å². The third-order valence-corrected chi connectivity index (χ3v) is 4.11.